The molecule has 0 atom stereocenters. The lowest BCUT2D eigenvalue weighted by Gasteiger charge is -2.12. The van der Waals surface area contributed by atoms with E-state index in [1.165, 1.54) is 62.7 Å². The van der Waals surface area contributed by atoms with E-state index in [0.29, 0.717) is 52.1 Å². The molecule has 22 nitrogen and oxygen atoms in total. The van der Waals surface area contributed by atoms with E-state index in [2.05, 4.69) is 67.5 Å². The molecular formula is C72H72ClN9O13. The molecule has 0 aliphatic carbocycles. The van der Waals surface area contributed by atoms with E-state index < -0.39 is 23.0 Å². The number of nitrogens with two attached hydrogens (primary N) is 2. The zero-order valence-corrected chi connectivity index (χ0v) is 52.9. The van der Waals surface area contributed by atoms with Crippen molar-refractivity contribution in [2.24, 2.45) is 20.5 Å². The Morgan fingerprint density at radius 3 is 1.17 bits per heavy atom. The van der Waals surface area contributed by atoms with Crippen molar-refractivity contribution >= 4 is 98.2 Å². The zero-order valence-electron chi connectivity index (χ0n) is 52.1. The molecule has 0 saturated carbocycles. The number of rotatable bonds is 15. The fraction of sp³-hybridized carbons (Fsp3) is 0.0694. The summed E-state index contributed by atoms with van der Waals surface area (Å²) in [7, 11) is 0. The Morgan fingerprint density at radius 2 is 0.884 bits per heavy atom. The summed E-state index contributed by atoms with van der Waals surface area (Å²) in [5.41, 5.74) is 15.7. The molecule has 0 unspecified atom stereocenters. The van der Waals surface area contributed by atoms with E-state index >= 15 is 0 Å². The van der Waals surface area contributed by atoms with Gasteiger partial charge in [0, 0.05) is 34.5 Å². The maximum absolute atomic E-state index is 12.2. The van der Waals surface area contributed by atoms with Crippen LogP contribution < -0.4 is 32.2 Å². The van der Waals surface area contributed by atoms with Gasteiger partial charge in [0.1, 0.15) is 46.7 Å². The minimum Gasteiger partial charge on any atom is -0.510 e. The number of nitrogens with one attached hydrogen (secondary N) is 3. The van der Waals surface area contributed by atoms with E-state index in [0.717, 1.165) is 17.8 Å². The van der Waals surface area contributed by atoms with Crippen molar-refractivity contribution in [2.45, 2.75) is 33.6 Å². The van der Waals surface area contributed by atoms with Crippen LogP contribution in [-0.4, -0.2) is 61.1 Å². The molecule has 490 valence electrons. The lowest BCUT2D eigenvalue weighted by atomic mass is 10.2. The summed E-state index contributed by atoms with van der Waals surface area (Å²) >= 11 is 4.71. The highest BCUT2D eigenvalue weighted by Crippen LogP contribution is 2.22. The molecule has 1 heterocycles. The van der Waals surface area contributed by atoms with Gasteiger partial charge < -0.3 is 57.3 Å². The first-order valence-electron chi connectivity index (χ1n) is 28.1. The Labute approximate surface area is 555 Å². The number of carbonyl (C=O) groups is 7. The highest BCUT2D eigenvalue weighted by atomic mass is 35.5. The van der Waals surface area contributed by atoms with Gasteiger partial charge in [0.15, 0.2) is 11.4 Å². The number of aliphatic hydroxyl groups excluding tert-OH is 2. The minimum absolute atomic E-state index is 0.0606. The fourth-order valence-corrected chi connectivity index (χ4v) is 6.24. The Morgan fingerprint density at radius 1 is 0.537 bits per heavy atom. The van der Waals surface area contributed by atoms with Crippen molar-refractivity contribution in [1.29, 1.82) is 0 Å². The summed E-state index contributed by atoms with van der Waals surface area (Å²) in [4.78, 5) is 76.4. The van der Waals surface area contributed by atoms with Gasteiger partial charge in [-0.05, 0) is 165 Å². The van der Waals surface area contributed by atoms with Gasteiger partial charge in [-0.3, -0.25) is 28.8 Å². The molecule has 3 amide bonds. The minimum atomic E-state index is -0.587. The van der Waals surface area contributed by atoms with Crippen LogP contribution in [0.25, 0.3) is 6.08 Å². The van der Waals surface area contributed by atoms with Crippen LogP contribution >= 0.6 is 11.6 Å². The number of ether oxygens (including phenoxy) is 2. The quantitative estimate of drug-likeness (QED) is 0.00530. The topological polar surface area (TPSA) is 356 Å². The molecule has 1 fully saturated rings. The van der Waals surface area contributed by atoms with Gasteiger partial charge in [0.05, 0.1) is 17.8 Å². The summed E-state index contributed by atoms with van der Waals surface area (Å²) in [6, 6.07) is 64.7. The maximum Gasteiger partial charge on any atom is 0.335 e. The third-order valence-electron chi connectivity index (χ3n) is 10.7. The smallest absolute Gasteiger partial charge is 0.335 e. The second kappa shape index (κ2) is 45.4. The number of hydrogen-bond donors (Lipinski definition) is 9. The molecule has 11 N–H and O–H groups in total. The molecule has 95 heavy (non-hydrogen) atoms. The number of esters is 2. The van der Waals surface area contributed by atoms with E-state index in [4.69, 9.17) is 32.9 Å². The van der Waals surface area contributed by atoms with Crippen molar-refractivity contribution in [2.75, 3.05) is 27.4 Å². The number of nitrogen functional groups attached to an aromatic ring is 2. The predicted molar refractivity (Wildman–Crippen MR) is 371 cm³/mol. The number of phenols is 2. The molecule has 1 aliphatic heterocycles. The second-order valence-corrected chi connectivity index (χ2v) is 19.0. The summed E-state index contributed by atoms with van der Waals surface area (Å²) in [6.07, 6.45) is 4.29. The molecule has 0 radical (unpaired) electrons. The van der Waals surface area contributed by atoms with Gasteiger partial charge in [-0.1, -0.05) is 136 Å². The number of azo groups is 2. The van der Waals surface area contributed by atoms with Crippen LogP contribution in [0.15, 0.2) is 312 Å². The number of carbonyl (C=O) groups excluding carboxylic acids is 7. The van der Waals surface area contributed by atoms with Gasteiger partial charge in [0.25, 0.3) is 11.8 Å². The first kappa shape index (κ1) is 78.3. The monoisotopic (exact) mass is 1310 g/mol. The number of aliphatic hydroxyl groups is 2. The average molecular weight is 1310 g/mol. The molecule has 9 rings (SSSR count). The van der Waals surface area contributed by atoms with Crippen molar-refractivity contribution in [3.63, 3.8) is 0 Å². The standard InChI is InChI=1S/C19H17N3O4.C16H15N3O3.C10H11NO2.C8H8.C6H7NO.C6H7N.C4H4O2.C3H3ClO/c1-3-17(24)26-16-11-9-15(10-12-16)21-22-18(13(2)23)19(25)20-14-7-5-4-6-8-14;1-11(20)15(16(22)17-12-5-3-2-4-6-12)19-18-13-7-9-14(21)10-8-13;1-8(12)7-10(13)11-9-5-3-2-4-6-9;1-2-8-6-4-3-5-7-8;7-5-1-3-6(8)4-2-5;7-6-4-2-1-3-5-6;1-3-2-4(5)6-3;1-2-3(4)5/h3-12,23H,1H2,2H3,(H,20,25);2-10,20-21H,1H3,(H,17,22);2-6H,7H2,1H3,(H,11,13);2-7H,1H2;1-4,8H,7H2;1-5H,7H2;1-2H2;2H,1H2. The van der Waals surface area contributed by atoms with Crippen LogP contribution in [0, 0.1) is 0 Å². The number of hydrogen-bond acceptors (Lipinski definition) is 19. The Balaban J connectivity index is 0.000000397. The van der Waals surface area contributed by atoms with Crippen LogP contribution in [0.3, 0.4) is 0 Å². The van der Waals surface area contributed by atoms with Gasteiger partial charge in [-0.25, -0.2) is 4.79 Å². The molecule has 0 spiro atoms. The number of halogens is 1. The van der Waals surface area contributed by atoms with Crippen molar-refractivity contribution in [1.82, 2.24) is 0 Å². The van der Waals surface area contributed by atoms with E-state index in [1.807, 2.05) is 97.1 Å². The number of cyclic esters (lactones) is 1. The normalized spacial score (nSPS) is 10.9. The molecule has 1 saturated heterocycles. The summed E-state index contributed by atoms with van der Waals surface area (Å²) in [5.74, 6) is -1.52. The van der Waals surface area contributed by atoms with Crippen LogP contribution in [-0.2, 0) is 38.3 Å². The van der Waals surface area contributed by atoms with Crippen LogP contribution in [0.4, 0.5) is 39.8 Å². The number of benzene rings is 8. The lowest BCUT2D eigenvalue weighted by molar-refractivity contribution is -0.148. The maximum atomic E-state index is 12.2. The summed E-state index contributed by atoms with van der Waals surface area (Å²) in [6.45, 7) is 17.5. The summed E-state index contributed by atoms with van der Waals surface area (Å²) < 4.78 is 9.25. The molecule has 1 aliphatic rings. The number of para-hydroxylation sites is 4. The number of allylic oxidation sites excluding steroid dienone is 3. The van der Waals surface area contributed by atoms with E-state index in [9.17, 15) is 48.9 Å². The largest absolute Gasteiger partial charge is 0.510 e. The number of amides is 3. The Hall–Kier alpha value is -12.8. The second-order valence-electron chi connectivity index (χ2n) is 18.7. The Bertz CT molecular complexity index is 3820. The third kappa shape index (κ3) is 37.1. The SMILES string of the molecule is C=C1CC(=O)O1.C=CC(=O)Cl.C=CC(=O)Oc1ccc(N=NC(C(=O)Nc2ccccc2)=C(C)O)cc1.C=Cc1ccccc1.CC(=O)CC(=O)Nc1ccccc1.CC(O)=C(N=Nc1ccc(O)cc1)C(=O)Nc1ccccc1.Nc1ccc(O)cc1.Nc1ccccc1. The Kier molecular flexibility index (Phi) is 37.4. The van der Waals surface area contributed by atoms with Crippen LogP contribution in [0.1, 0.15) is 39.2 Å². The highest BCUT2D eigenvalue weighted by molar-refractivity contribution is 6.66. The van der Waals surface area contributed by atoms with Crippen LogP contribution in [0.2, 0.25) is 0 Å². The van der Waals surface area contributed by atoms with Crippen molar-refractivity contribution in [3.05, 3.63) is 297 Å². The molecule has 8 aromatic rings. The summed E-state index contributed by atoms with van der Waals surface area (Å²) in [5, 5.41) is 59.9. The van der Waals surface area contributed by atoms with E-state index in [1.54, 1.807) is 97.1 Å². The molecule has 0 aromatic heterocycles. The third-order valence-corrected chi connectivity index (χ3v) is 10.9. The first-order valence-corrected chi connectivity index (χ1v) is 28.5. The van der Waals surface area contributed by atoms with Gasteiger partial charge >= 0.3 is 11.9 Å². The van der Waals surface area contributed by atoms with Gasteiger partial charge in [-0.2, -0.15) is 10.2 Å². The van der Waals surface area contributed by atoms with Gasteiger partial charge in [0.2, 0.25) is 11.1 Å². The molecule has 0 bridgehead atoms. The molecule has 23 heteroatoms. The van der Waals surface area contributed by atoms with E-state index in [-0.39, 0.29) is 58.5 Å². The average Bonchev–Trinajstić information content (AvgIpc) is 1.04. The number of nitrogens with zero attached hydrogens (tertiary/aromatic N) is 4. The highest BCUT2D eigenvalue weighted by Gasteiger charge is 2.18. The van der Waals surface area contributed by atoms with Crippen LogP contribution in [0.5, 0.6) is 17.2 Å². The first-order chi connectivity index (χ1) is 45.4. The lowest BCUT2D eigenvalue weighted by Crippen LogP contribution is -2.15. The fourth-order valence-electron chi connectivity index (χ4n) is 6.24. The van der Waals surface area contributed by atoms with Crippen molar-refractivity contribution < 1.29 is 63.5 Å². The van der Waals surface area contributed by atoms with Crippen molar-refractivity contribution in [3.8, 4) is 17.2 Å². The zero-order chi connectivity index (χ0) is 70.3. The number of phenolic OH excluding ortho intramolecular Hbond substituents is 2. The number of ketones is 1. The van der Waals surface area contributed by atoms with Gasteiger partial charge in [-0.15, -0.1) is 10.2 Å². The predicted octanol–water partition coefficient (Wildman–Crippen LogP) is 15.8. The number of aromatic hydroxyl groups is 2. The molecular weight excluding hydrogens is 1230 g/mol. The number of Topliss-reactive ketones (excluding diaryl/α,β-unsaturated/α-hetero) is 1. The molecule has 8 aromatic carbocycles. The number of anilines is 5.